The molecule has 3 rings (SSSR count). The van der Waals surface area contributed by atoms with E-state index in [4.69, 9.17) is 9.26 Å². The summed E-state index contributed by atoms with van der Waals surface area (Å²) in [5, 5.41) is 23.5. The van der Waals surface area contributed by atoms with Gasteiger partial charge in [0.1, 0.15) is 17.2 Å². The number of methoxy groups -OCH3 is 1. The Kier molecular flexibility index (Phi) is 3.47. The lowest BCUT2D eigenvalue weighted by atomic mass is 9.98. The van der Waals surface area contributed by atoms with Crippen LogP contribution in [0.1, 0.15) is 5.69 Å². The largest absolute Gasteiger partial charge is 0.508 e. The number of aromatic nitrogens is 1. The minimum atomic E-state index is -0.0766. The maximum Gasteiger partial charge on any atom is 0.178 e. The van der Waals surface area contributed by atoms with E-state index in [1.54, 1.807) is 13.2 Å². The molecule has 0 aliphatic rings. The molecule has 2 N–H and O–H groups in total. The monoisotopic (exact) mass is 297 g/mol. The van der Waals surface area contributed by atoms with E-state index >= 15 is 0 Å². The highest BCUT2D eigenvalue weighted by molar-refractivity contribution is 5.86. The van der Waals surface area contributed by atoms with Crippen LogP contribution in [0.15, 0.2) is 47.0 Å². The van der Waals surface area contributed by atoms with Crippen molar-refractivity contribution in [2.75, 3.05) is 7.11 Å². The first kappa shape index (κ1) is 14.0. The molecular formula is C17H15NO4. The van der Waals surface area contributed by atoms with Crippen molar-refractivity contribution < 1.29 is 19.5 Å². The van der Waals surface area contributed by atoms with Gasteiger partial charge in [0.2, 0.25) is 0 Å². The molecule has 0 amide bonds. The molecule has 1 aromatic heterocycles. The van der Waals surface area contributed by atoms with Crippen molar-refractivity contribution in [3.8, 4) is 39.7 Å². The number of phenols is 2. The summed E-state index contributed by atoms with van der Waals surface area (Å²) < 4.78 is 10.8. The highest BCUT2D eigenvalue weighted by Gasteiger charge is 2.21. The van der Waals surface area contributed by atoms with Crippen LogP contribution in [0.3, 0.4) is 0 Å². The smallest absolute Gasteiger partial charge is 0.178 e. The molecule has 5 nitrogen and oxygen atoms in total. The van der Waals surface area contributed by atoms with Gasteiger partial charge in [-0.25, -0.2) is 0 Å². The predicted octanol–water partition coefficient (Wildman–Crippen LogP) is 3.74. The number of para-hydroxylation sites is 1. The van der Waals surface area contributed by atoms with Crippen LogP contribution in [0.25, 0.3) is 22.5 Å². The van der Waals surface area contributed by atoms with Gasteiger partial charge in [-0.1, -0.05) is 23.4 Å². The van der Waals surface area contributed by atoms with Crippen molar-refractivity contribution >= 4 is 0 Å². The Hall–Kier alpha value is -2.95. The van der Waals surface area contributed by atoms with E-state index < -0.39 is 0 Å². The summed E-state index contributed by atoms with van der Waals surface area (Å²) in [7, 11) is 1.60. The van der Waals surface area contributed by atoms with E-state index in [-0.39, 0.29) is 11.5 Å². The molecule has 0 aliphatic heterocycles. The molecular weight excluding hydrogens is 282 g/mol. The Morgan fingerprint density at radius 3 is 2.55 bits per heavy atom. The minimum absolute atomic E-state index is 0.0173. The molecule has 2 aromatic carbocycles. The summed E-state index contributed by atoms with van der Waals surface area (Å²) >= 11 is 0. The van der Waals surface area contributed by atoms with Crippen molar-refractivity contribution in [1.29, 1.82) is 0 Å². The zero-order chi connectivity index (χ0) is 15.7. The number of aromatic hydroxyl groups is 2. The first-order valence-corrected chi connectivity index (χ1v) is 6.74. The zero-order valence-electron chi connectivity index (χ0n) is 12.2. The molecule has 0 saturated carbocycles. The molecule has 3 aromatic rings. The van der Waals surface area contributed by atoms with Gasteiger partial charge >= 0.3 is 0 Å². The number of phenolic OH excluding ortho intramolecular Hbond substituents is 2. The molecule has 0 fully saturated rings. The summed E-state index contributed by atoms with van der Waals surface area (Å²) in [5.41, 5.74) is 2.72. The topological polar surface area (TPSA) is 75.7 Å². The Morgan fingerprint density at radius 2 is 1.82 bits per heavy atom. The molecule has 1 heterocycles. The maximum atomic E-state index is 10.1. The zero-order valence-corrected chi connectivity index (χ0v) is 12.2. The Balaban J connectivity index is 2.24. The maximum absolute atomic E-state index is 10.1. The molecule has 0 radical (unpaired) electrons. The van der Waals surface area contributed by atoms with Crippen LogP contribution in [-0.2, 0) is 0 Å². The number of hydrogen-bond acceptors (Lipinski definition) is 5. The van der Waals surface area contributed by atoms with E-state index in [0.717, 1.165) is 11.1 Å². The van der Waals surface area contributed by atoms with Gasteiger partial charge in [0, 0.05) is 11.6 Å². The molecule has 0 atom stereocenters. The summed E-state index contributed by atoms with van der Waals surface area (Å²) in [6, 6.07) is 11.9. The number of hydrogen-bond donors (Lipinski definition) is 2. The first-order chi connectivity index (χ1) is 10.6. The van der Waals surface area contributed by atoms with Gasteiger partial charge in [-0.05, 0) is 25.1 Å². The fourth-order valence-electron chi connectivity index (χ4n) is 2.43. The standard InChI is InChI=1S/C17H15NO4/c1-10-16(13-5-3-4-6-15(13)21-2)17(22-18-10)12-8-7-11(19)9-14(12)20/h3-9,19-20H,1-2H3. The number of nitrogens with zero attached hydrogens (tertiary/aromatic N) is 1. The lowest BCUT2D eigenvalue weighted by Gasteiger charge is -2.09. The summed E-state index contributed by atoms with van der Waals surface area (Å²) in [4.78, 5) is 0. The van der Waals surface area contributed by atoms with Crippen LogP contribution in [0.4, 0.5) is 0 Å². The quantitative estimate of drug-likeness (QED) is 0.770. The fraction of sp³-hybridized carbons (Fsp3) is 0.118. The third-order valence-electron chi connectivity index (χ3n) is 3.46. The van der Waals surface area contributed by atoms with Crippen molar-refractivity contribution in [3.05, 3.63) is 48.2 Å². The highest BCUT2D eigenvalue weighted by atomic mass is 16.5. The Morgan fingerprint density at radius 1 is 1.05 bits per heavy atom. The third kappa shape index (κ3) is 2.26. The minimum Gasteiger partial charge on any atom is -0.508 e. The highest BCUT2D eigenvalue weighted by Crippen LogP contribution is 2.42. The first-order valence-electron chi connectivity index (χ1n) is 6.74. The van der Waals surface area contributed by atoms with Crippen LogP contribution in [0.2, 0.25) is 0 Å². The number of benzene rings is 2. The van der Waals surface area contributed by atoms with Crippen LogP contribution in [0.5, 0.6) is 17.2 Å². The Bertz CT molecular complexity index is 823. The van der Waals surface area contributed by atoms with E-state index in [1.165, 1.54) is 12.1 Å². The predicted molar refractivity (Wildman–Crippen MR) is 82.0 cm³/mol. The van der Waals surface area contributed by atoms with Crippen molar-refractivity contribution in [2.45, 2.75) is 6.92 Å². The second kappa shape index (κ2) is 5.44. The van der Waals surface area contributed by atoms with E-state index in [1.807, 2.05) is 31.2 Å². The van der Waals surface area contributed by atoms with Crippen molar-refractivity contribution in [2.24, 2.45) is 0 Å². The van der Waals surface area contributed by atoms with Gasteiger partial charge in [-0.2, -0.15) is 0 Å². The average Bonchev–Trinajstić information content (AvgIpc) is 2.88. The lowest BCUT2D eigenvalue weighted by Crippen LogP contribution is -1.89. The van der Waals surface area contributed by atoms with Crippen molar-refractivity contribution in [3.63, 3.8) is 0 Å². The molecule has 0 unspecified atom stereocenters. The second-order valence-corrected chi connectivity index (χ2v) is 4.87. The van der Waals surface area contributed by atoms with Crippen LogP contribution in [-0.4, -0.2) is 22.5 Å². The molecule has 22 heavy (non-hydrogen) atoms. The molecule has 5 heteroatoms. The molecule has 0 aliphatic carbocycles. The normalized spacial score (nSPS) is 10.6. The molecule has 112 valence electrons. The molecule has 0 spiro atoms. The number of aryl methyl sites for hydroxylation is 1. The summed E-state index contributed by atoms with van der Waals surface area (Å²) in [6.07, 6.45) is 0. The van der Waals surface area contributed by atoms with Crippen LogP contribution >= 0.6 is 0 Å². The van der Waals surface area contributed by atoms with Gasteiger partial charge in [0.25, 0.3) is 0 Å². The average molecular weight is 297 g/mol. The SMILES string of the molecule is COc1ccccc1-c1c(C)noc1-c1ccc(O)cc1O. The van der Waals surface area contributed by atoms with E-state index in [0.29, 0.717) is 22.8 Å². The van der Waals surface area contributed by atoms with Crippen LogP contribution < -0.4 is 4.74 Å². The van der Waals surface area contributed by atoms with E-state index in [2.05, 4.69) is 5.16 Å². The van der Waals surface area contributed by atoms with Crippen molar-refractivity contribution in [1.82, 2.24) is 5.16 Å². The van der Waals surface area contributed by atoms with Gasteiger partial charge in [0.15, 0.2) is 5.76 Å². The summed E-state index contributed by atoms with van der Waals surface area (Å²) in [5.74, 6) is 1.02. The van der Waals surface area contributed by atoms with Crippen LogP contribution in [0, 0.1) is 6.92 Å². The summed E-state index contributed by atoms with van der Waals surface area (Å²) in [6.45, 7) is 1.83. The second-order valence-electron chi connectivity index (χ2n) is 4.87. The molecule has 0 saturated heterocycles. The fourth-order valence-corrected chi connectivity index (χ4v) is 2.43. The Labute approximate surface area is 127 Å². The van der Waals surface area contributed by atoms with Gasteiger partial charge in [-0.15, -0.1) is 0 Å². The lowest BCUT2D eigenvalue weighted by molar-refractivity contribution is 0.415. The van der Waals surface area contributed by atoms with E-state index in [9.17, 15) is 10.2 Å². The third-order valence-corrected chi connectivity index (χ3v) is 3.46. The number of ether oxygens (including phenoxy) is 1. The number of rotatable bonds is 3. The van der Waals surface area contributed by atoms with Gasteiger partial charge < -0.3 is 19.5 Å². The molecule has 0 bridgehead atoms. The van der Waals surface area contributed by atoms with Gasteiger partial charge in [-0.3, -0.25) is 0 Å². The van der Waals surface area contributed by atoms with Gasteiger partial charge in [0.05, 0.1) is 23.9 Å².